The summed E-state index contributed by atoms with van der Waals surface area (Å²) < 4.78 is 16.5. The molecule has 0 N–H and O–H groups in total. The van der Waals surface area contributed by atoms with Gasteiger partial charge in [0.05, 0.1) is 73.6 Å². The van der Waals surface area contributed by atoms with Crippen LogP contribution in [0, 0.1) is 0 Å². The van der Waals surface area contributed by atoms with Crippen LogP contribution in [0.3, 0.4) is 0 Å². The predicted octanol–water partition coefficient (Wildman–Crippen LogP) is 5.79. The Kier molecular flexibility index (Phi) is 8.66. The highest BCUT2D eigenvalue weighted by molar-refractivity contribution is 6.31. The fourth-order valence-corrected chi connectivity index (χ4v) is 4.70. The van der Waals surface area contributed by atoms with Crippen molar-refractivity contribution in [1.82, 2.24) is 0 Å². The van der Waals surface area contributed by atoms with Gasteiger partial charge in [-0.1, -0.05) is 35.9 Å². The monoisotopic (exact) mass is 537 g/mol. The van der Waals surface area contributed by atoms with E-state index in [-0.39, 0.29) is 0 Å². The molecular weight excluding hydrogens is 496 g/mol. The van der Waals surface area contributed by atoms with E-state index in [0.717, 1.165) is 82.3 Å². The van der Waals surface area contributed by atoms with Crippen molar-refractivity contribution in [2.75, 3.05) is 66.8 Å². The van der Waals surface area contributed by atoms with Gasteiger partial charge in [-0.05, 0) is 30.4 Å². The van der Waals surface area contributed by atoms with Crippen LogP contribution >= 0.6 is 11.6 Å². The molecule has 0 atom stereocenters. The zero-order valence-electron chi connectivity index (χ0n) is 23.7. The lowest BCUT2D eigenvalue weighted by molar-refractivity contribution is -0.873. The van der Waals surface area contributed by atoms with Crippen molar-refractivity contribution in [3.05, 3.63) is 83.6 Å². The Hall–Kier alpha value is -3.06. The molecule has 2 heterocycles. The molecule has 1 aliphatic heterocycles. The number of benzene rings is 2. The number of hydrogen-bond acceptors (Lipinski definition) is 3. The van der Waals surface area contributed by atoms with Crippen molar-refractivity contribution >= 4 is 34.5 Å². The summed E-state index contributed by atoms with van der Waals surface area (Å²) in [5, 5.41) is 0.599. The standard InChI is InChI=1S/C31H42ClN4O2/c1-35(2,3)23-11-21-33-26-13-7-9-15-28(26)37-30(33)19-17-25(32)18-20-31-34(22-12-24-36(4,5)6)27-14-8-10-16-29(27)38-31/h7-10,13-20H,11-12,21-24H2,1-6H3/q+3. The number of allylic oxidation sites excluding steroid dienone is 4. The topological polar surface area (TPSA) is 29.5 Å². The Morgan fingerprint density at radius 3 is 2.37 bits per heavy atom. The fourth-order valence-electron chi connectivity index (χ4n) is 4.58. The Labute approximate surface area is 232 Å². The van der Waals surface area contributed by atoms with E-state index < -0.39 is 0 Å². The minimum atomic E-state index is 0.599. The van der Waals surface area contributed by atoms with Crippen LogP contribution in [-0.2, 0) is 6.54 Å². The van der Waals surface area contributed by atoms with Crippen molar-refractivity contribution in [3.8, 4) is 5.75 Å². The average Bonchev–Trinajstić information content (AvgIpc) is 3.38. The van der Waals surface area contributed by atoms with Crippen molar-refractivity contribution in [1.29, 1.82) is 0 Å². The maximum atomic E-state index is 6.65. The lowest BCUT2D eigenvalue weighted by Crippen LogP contribution is -2.40. The lowest BCUT2D eigenvalue weighted by atomic mass is 10.2. The van der Waals surface area contributed by atoms with Crippen LogP contribution in [0.4, 0.5) is 5.69 Å². The maximum Gasteiger partial charge on any atom is 0.374 e. The number of halogens is 1. The van der Waals surface area contributed by atoms with Gasteiger partial charge < -0.3 is 23.0 Å². The highest BCUT2D eigenvalue weighted by Gasteiger charge is 2.26. The number of aryl methyl sites for hydroxylation is 1. The average molecular weight is 538 g/mol. The number of fused-ring (bicyclic) bond motifs is 2. The van der Waals surface area contributed by atoms with Gasteiger partial charge in [0.15, 0.2) is 12.3 Å². The van der Waals surface area contributed by atoms with Gasteiger partial charge in [0.1, 0.15) is 0 Å². The molecule has 7 heteroatoms. The third-order valence-corrected chi connectivity index (χ3v) is 6.72. The summed E-state index contributed by atoms with van der Waals surface area (Å²) in [6.07, 6.45) is 9.78. The van der Waals surface area contributed by atoms with E-state index in [1.807, 2.05) is 60.7 Å². The highest BCUT2D eigenvalue weighted by Crippen LogP contribution is 2.38. The minimum Gasteiger partial charge on any atom is -0.439 e. The quantitative estimate of drug-likeness (QED) is 0.176. The van der Waals surface area contributed by atoms with Gasteiger partial charge in [-0.25, -0.2) is 0 Å². The Bertz CT molecular complexity index is 1340. The lowest BCUT2D eigenvalue weighted by Gasteiger charge is -2.25. The minimum absolute atomic E-state index is 0.599. The summed E-state index contributed by atoms with van der Waals surface area (Å²) >= 11 is 6.65. The number of quaternary nitrogens is 2. The number of oxazole rings is 1. The summed E-state index contributed by atoms with van der Waals surface area (Å²) in [6, 6.07) is 16.3. The number of aromatic nitrogens is 1. The maximum absolute atomic E-state index is 6.65. The van der Waals surface area contributed by atoms with Crippen LogP contribution in [0.2, 0.25) is 0 Å². The molecule has 0 spiro atoms. The largest absolute Gasteiger partial charge is 0.439 e. The number of rotatable bonds is 11. The molecule has 0 bridgehead atoms. The van der Waals surface area contributed by atoms with E-state index in [9.17, 15) is 0 Å². The molecule has 1 aliphatic rings. The van der Waals surface area contributed by atoms with Crippen LogP contribution in [0.5, 0.6) is 5.75 Å². The normalized spacial score (nSPS) is 15.6. The van der Waals surface area contributed by atoms with Crippen molar-refractivity contribution in [3.63, 3.8) is 0 Å². The second-order valence-corrected chi connectivity index (χ2v) is 12.3. The third-order valence-electron chi connectivity index (χ3n) is 6.46. The SMILES string of the molecule is C[N+](C)(C)CCCN1/C(=C/C=C(Cl)/C=C/c2oc3ccccc3[n+]2CCC[N+](C)(C)C)Oc2ccccc21. The van der Waals surface area contributed by atoms with E-state index in [0.29, 0.717) is 5.03 Å². The van der Waals surface area contributed by atoms with E-state index in [1.165, 1.54) is 0 Å². The van der Waals surface area contributed by atoms with Crippen LogP contribution in [-0.4, -0.2) is 70.9 Å². The molecule has 38 heavy (non-hydrogen) atoms. The molecule has 3 aromatic rings. The molecule has 4 rings (SSSR count). The highest BCUT2D eigenvalue weighted by atomic mass is 35.5. The Morgan fingerprint density at radius 1 is 0.921 bits per heavy atom. The Morgan fingerprint density at radius 2 is 1.61 bits per heavy atom. The van der Waals surface area contributed by atoms with E-state index in [1.54, 1.807) is 0 Å². The van der Waals surface area contributed by atoms with Gasteiger partial charge in [-0.3, -0.25) is 0 Å². The van der Waals surface area contributed by atoms with E-state index in [4.69, 9.17) is 20.8 Å². The van der Waals surface area contributed by atoms with Gasteiger partial charge in [0, 0.05) is 30.1 Å². The first-order chi connectivity index (χ1) is 18.0. The van der Waals surface area contributed by atoms with Crippen LogP contribution < -0.4 is 14.2 Å². The summed E-state index contributed by atoms with van der Waals surface area (Å²) in [6.45, 7) is 3.92. The number of ether oxygens (including phenoxy) is 1. The summed E-state index contributed by atoms with van der Waals surface area (Å²) in [4.78, 5) is 2.23. The molecule has 0 aliphatic carbocycles. The van der Waals surface area contributed by atoms with Crippen molar-refractivity contribution < 1.29 is 22.7 Å². The van der Waals surface area contributed by atoms with Gasteiger partial charge in [-0.15, -0.1) is 0 Å². The van der Waals surface area contributed by atoms with E-state index in [2.05, 4.69) is 63.9 Å². The van der Waals surface area contributed by atoms with Gasteiger partial charge in [0.2, 0.25) is 11.5 Å². The first-order valence-corrected chi connectivity index (χ1v) is 13.7. The first-order valence-electron chi connectivity index (χ1n) is 13.3. The molecule has 6 nitrogen and oxygen atoms in total. The molecular formula is C31H42ClN4O2+3. The molecule has 0 unspecified atom stereocenters. The van der Waals surface area contributed by atoms with Crippen LogP contribution in [0.25, 0.3) is 17.2 Å². The predicted molar refractivity (Wildman–Crippen MR) is 157 cm³/mol. The summed E-state index contributed by atoms with van der Waals surface area (Å²) in [5.41, 5.74) is 3.07. The van der Waals surface area contributed by atoms with E-state index >= 15 is 0 Å². The first kappa shape index (κ1) is 28.0. The van der Waals surface area contributed by atoms with Gasteiger partial charge in [-0.2, -0.15) is 4.57 Å². The van der Waals surface area contributed by atoms with Crippen LogP contribution in [0.1, 0.15) is 18.7 Å². The molecule has 0 saturated carbocycles. The Balaban J connectivity index is 1.52. The van der Waals surface area contributed by atoms with Crippen molar-refractivity contribution in [2.45, 2.75) is 19.4 Å². The summed E-state index contributed by atoms with van der Waals surface area (Å²) in [5.74, 6) is 2.46. The fraction of sp³-hybridized carbons (Fsp3) is 0.387. The zero-order valence-corrected chi connectivity index (χ0v) is 24.4. The smallest absolute Gasteiger partial charge is 0.374 e. The third kappa shape index (κ3) is 7.50. The van der Waals surface area contributed by atoms with Gasteiger partial charge in [0.25, 0.3) is 5.52 Å². The number of hydrogen-bond donors (Lipinski definition) is 0. The second kappa shape index (κ2) is 11.8. The molecule has 202 valence electrons. The molecule has 0 amide bonds. The molecule has 1 aromatic heterocycles. The molecule has 0 radical (unpaired) electrons. The molecule has 0 fully saturated rings. The number of para-hydroxylation sites is 4. The summed E-state index contributed by atoms with van der Waals surface area (Å²) in [7, 11) is 13.3. The zero-order chi connectivity index (χ0) is 27.3. The van der Waals surface area contributed by atoms with Gasteiger partial charge >= 0.3 is 5.89 Å². The molecule has 2 aromatic carbocycles. The molecule has 0 saturated heterocycles. The number of nitrogens with zero attached hydrogens (tertiary/aromatic N) is 4. The number of anilines is 1. The van der Waals surface area contributed by atoms with Crippen molar-refractivity contribution in [2.24, 2.45) is 0 Å². The van der Waals surface area contributed by atoms with Crippen LogP contribution in [0.15, 0.2) is 82.1 Å². The second-order valence-electron chi connectivity index (χ2n) is 11.9.